The maximum absolute atomic E-state index is 12.4. The summed E-state index contributed by atoms with van der Waals surface area (Å²) in [5.41, 5.74) is 1.92. The van der Waals surface area contributed by atoms with Gasteiger partial charge in [-0.25, -0.2) is 0 Å². The third-order valence-electron chi connectivity index (χ3n) is 4.67. The van der Waals surface area contributed by atoms with Gasteiger partial charge in [-0.2, -0.15) is 0 Å². The summed E-state index contributed by atoms with van der Waals surface area (Å²) in [6.07, 6.45) is 0.960. The molecule has 1 aromatic carbocycles. The van der Waals surface area contributed by atoms with Crippen LogP contribution in [0.25, 0.3) is 0 Å². The minimum absolute atomic E-state index is 0.0741. The van der Waals surface area contributed by atoms with E-state index in [1.807, 2.05) is 31.2 Å². The standard InChI is InChI=1S/C18H24N2O4/c1-4-13-7-5-6-8-15(13)20-10-14(9-16(20)21)17(22)19-12(3)11(2)18(23)24/h5-8,11-12,14H,4,9-10H2,1-3H3,(H,19,22)(H,23,24). The van der Waals surface area contributed by atoms with Gasteiger partial charge in [0.2, 0.25) is 11.8 Å². The molecule has 130 valence electrons. The Morgan fingerprint density at radius 3 is 2.62 bits per heavy atom. The average molecular weight is 332 g/mol. The van der Waals surface area contributed by atoms with Crippen molar-refractivity contribution in [1.29, 1.82) is 0 Å². The number of para-hydroxylation sites is 1. The highest BCUT2D eigenvalue weighted by Crippen LogP contribution is 2.28. The van der Waals surface area contributed by atoms with E-state index in [1.54, 1.807) is 18.7 Å². The van der Waals surface area contributed by atoms with Crippen molar-refractivity contribution in [3.63, 3.8) is 0 Å². The minimum atomic E-state index is -0.955. The molecule has 0 saturated carbocycles. The number of rotatable bonds is 6. The Bertz CT molecular complexity index is 644. The SMILES string of the molecule is CCc1ccccc1N1CC(C(=O)NC(C)C(C)C(=O)O)CC1=O. The van der Waals surface area contributed by atoms with Gasteiger partial charge in [0.15, 0.2) is 0 Å². The first-order valence-electron chi connectivity index (χ1n) is 8.26. The van der Waals surface area contributed by atoms with Crippen LogP contribution in [-0.2, 0) is 20.8 Å². The smallest absolute Gasteiger partial charge is 0.308 e. The van der Waals surface area contributed by atoms with Crippen molar-refractivity contribution in [3.05, 3.63) is 29.8 Å². The summed E-state index contributed by atoms with van der Waals surface area (Å²) in [6.45, 7) is 5.57. The summed E-state index contributed by atoms with van der Waals surface area (Å²) in [5.74, 6) is -2.42. The van der Waals surface area contributed by atoms with E-state index >= 15 is 0 Å². The Balaban J connectivity index is 2.06. The van der Waals surface area contributed by atoms with Crippen molar-refractivity contribution in [2.45, 2.75) is 39.7 Å². The van der Waals surface area contributed by atoms with Gasteiger partial charge in [-0.15, -0.1) is 0 Å². The molecule has 2 rings (SSSR count). The van der Waals surface area contributed by atoms with E-state index in [2.05, 4.69) is 5.32 Å². The first kappa shape index (κ1) is 18.0. The van der Waals surface area contributed by atoms with Gasteiger partial charge < -0.3 is 15.3 Å². The Hall–Kier alpha value is -2.37. The molecule has 1 heterocycles. The lowest BCUT2D eigenvalue weighted by molar-refractivity contribution is -0.142. The topological polar surface area (TPSA) is 86.7 Å². The molecule has 0 aliphatic carbocycles. The summed E-state index contributed by atoms with van der Waals surface area (Å²) in [7, 11) is 0. The number of carboxylic acid groups (broad SMARTS) is 1. The fourth-order valence-corrected chi connectivity index (χ4v) is 2.87. The lowest BCUT2D eigenvalue weighted by Gasteiger charge is -2.21. The number of carboxylic acids is 1. The lowest BCUT2D eigenvalue weighted by Crippen LogP contribution is -2.43. The number of aryl methyl sites for hydroxylation is 1. The molecule has 2 N–H and O–H groups in total. The van der Waals surface area contributed by atoms with Crippen molar-refractivity contribution < 1.29 is 19.5 Å². The second kappa shape index (κ2) is 7.47. The predicted molar refractivity (Wildman–Crippen MR) is 90.7 cm³/mol. The second-order valence-corrected chi connectivity index (χ2v) is 6.31. The molecule has 1 aliphatic heterocycles. The van der Waals surface area contributed by atoms with E-state index in [9.17, 15) is 14.4 Å². The van der Waals surface area contributed by atoms with Gasteiger partial charge in [0.05, 0.1) is 11.8 Å². The van der Waals surface area contributed by atoms with Crippen LogP contribution in [0.2, 0.25) is 0 Å². The molecule has 0 spiro atoms. The van der Waals surface area contributed by atoms with E-state index in [0.29, 0.717) is 6.54 Å². The van der Waals surface area contributed by atoms with E-state index in [4.69, 9.17) is 5.11 Å². The van der Waals surface area contributed by atoms with E-state index in [1.165, 1.54) is 0 Å². The number of amides is 2. The van der Waals surface area contributed by atoms with Crippen molar-refractivity contribution in [2.24, 2.45) is 11.8 Å². The van der Waals surface area contributed by atoms with Crippen molar-refractivity contribution in [2.75, 3.05) is 11.4 Å². The molecule has 6 heteroatoms. The molecule has 2 amide bonds. The van der Waals surface area contributed by atoms with Gasteiger partial charge in [-0.05, 0) is 31.9 Å². The highest BCUT2D eigenvalue weighted by atomic mass is 16.4. The molecule has 0 aromatic heterocycles. The Morgan fingerprint density at radius 1 is 1.33 bits per heavy atom. The Labute approximate surface area is 141 Å². The molecule has 0 bridgehead atoms. The molecule has 6 nitrogen and oxygen atoms in total. The van der Waals surface area contributed by atoms with Gasteiger partial charge in [0.25, 0.3) is 0 Å². The van der Waals surface area contributed by atoms with Gasteiger partial charge in [0, 0.05) is 24.7 Å². The Morgan fingerprint density at radius 2 is 2.00 bits per heavy atom. The van der Waals surface area contributed by atoms with Crippen LogP contribution >= 0.6 is 0 Å². The van der Waals surface area contributed by atoms with Gasteiger partial charge >= 0.3 is 5.97 Å². The number of carbonyl (C=O) groups excluding carboxylic acids is 2. The van der Waals surface area contributed by atoms with Gasteiger partial charge in [0.1, 0.15) is 0 Å². The fourth-order valence-electron chi connectivity index (χ4n) is 2.87. The van der Waals surface area contributed by atoms with Crippen LogP contribution < -0.4 is 10.2 Å². The fraction of sp³-hybridized carbons (Fsp3) is 0.500. The Kier molecular flexibility index (Phi) is 5.59. The van der Waals surface area contributed by atoms with Crippen molar-refractivity contribution in [1.82, 2.24) is 5.32 Å². The van der Waals surface area contributed by atoms with Crippen LogP contribution in [0.4, 0.5) is 5.69 Å². The van der Waals surface area contributed by atoms with Crippen LogP contribution in [0.15, 0.2) is 24.3 Å². The highest BCUT2D eigenvalue weighted by Gasteiger charge is 2.36. The second-order valence-electron chi connectivity index (χ2n) is 6.31. The largest absolute Gasteiger partial charge is 0.481 e. The zero-order valence-corrected chi connectivity index (χ0v) is 14.3. The summed E-state index contributed by atoms with van der Waals surface area (Å²) >= 11 is 0. The van der Waals surface area contributed by atoms with Crippen molar-refractivity contribution >= 4 is 23.5 Å². The number of anilines is 1. The molecule has 1 saturated heterocycles. The maximum Gasteiger partial charge on any atom is 0.308 e. The molecule has 24 heavy (non-hydrogen) atoms. The molecule has 3 unspecified atom stereocenters. The first-order valence-corrected chi connectivity index (χ1v) is 8.26. The number of carbonyl (C=O) groups is 3. The average Bonchev–Trinajstić information content (AvgIpc) is 2.95. The van der Waals surface area contributed by atoms with E-state index in [-0.39, 0.29) is 18.2 Å². The van der Waals surface area contributed by atoms with Crippen LogP contribution in [0.1, 0.15) is 32.8 Å². The molecule has 3 atom stereocenters. The monoisotopic (exact) mass is 332 g/mol. The van der Waals surface area contributed by atoms with E-state index in [0.717, 1.165) is 17.7 Å². The number of nitrogens with one attached hydrogen (secondary N) is 1. The summed E-state index contributed by atoms with van der Waals surface area (Å²) < 4.78 is 0. The number of benzene rings is 1. The number of hydrogen-bond acceptors (Lipinski definition) is 3. The third-order valence-corrected chi connectivity index (χ3v) is 4.67. The van der Waals surface area contributed by atoms with E-state index < -0.39 is 23.8 Å². The quantitative estimate of drug-likeness (QED) is 0.832. The lowest BCUT2D eigenvalue weighted by atomic mass is 10.0. The highest BCUT2D eigenvalue weighted by molar-refractivity contribution is 6.00. The van der Waals surface area contributed by atoms with Crippen LogP contribution in [0.3, 0.4) is 0 Å². The minimum Gasteiger partial charge on any atom is -0.481 e. The molecule has 0 radical (unpaired) electrons. The van der Waals surface area contributed by atoms with Gasteiger partial charge in [-0.1, -0.05) is 25.1 Å². The first-order chi connectivity index (χ1) is 11.3. The molecular formula is C18H24N2O4. The molecular weight excluding hydrogens is 308 g/mol. The molecule has 1 aromatic rings. The third kappa shape index (κ3) is 3.75. The molecule has 1 fully saturated rings. The van der Waals surface area contributed by atoms with Crippen LogP contribution in [0.5, 0.6) is 0 Å². The molecule has 1 aliphatic rings. The summed E-state index contributed by atoms with van der Waals surface area (Å²) in [5, 5.41) is 11.7. The van der Waals surface area contributed by atoms with Crippen molar-refractivity contribution in [3.8, 4) is 0 Å². The van der Waals surface area contributed by atoms with Crippen LogP contribution in [-0.4, -0.2) is 35.5 Å². The zero-order chi connectivity index (χ0) is 17.9. The number of nitrogens with zero attached hydrogens (tertiary/aromatic N) is 1. The number of hydrogen-bond donors (Lipinski definition) is 2. The number of aliphatic carboxylic acids is 1. The zero-order valence-electron chi connectivity index (χ0n) is 14.3. The summed E-state index contributed by atoms with van der Waals surface area (Å²) in [4.78, 5) is 37.4. The predicted octanol–water partition coefficient (Wildman–Crippen LogP) is 1.83. The van der Waals surface area contributed by atoms with Gasteiger partial charge in [-0.3, -0.25) is 14.4 Å². The maximum atomic E-state index is 12.4. The summed E-state index contributed by atoms with van der Waals surface area (Å²) in [6, 6.07) is 7.20. The normalized spacial score (nSPS) is 19.9. The van der Waals surface area contributed by atoms with Crippen LogP contribution in [0, 0.1) is 11.8 Å².